The van der Waals surface area contributed by atoms with Crippen LogP contribution in [0.15, 0.2) is 30.7 Å². The summed E-state index contributed by atoms with van der Waals surface area (Å²) in [5.41, 5.74) is 2.75. The second-order valence-corrected chi connectivity index (χ2v) is 8.24. The molecule has 12 heteroatoms. The molecule has 4 aromatic heterocycles. The Morgan fingerprint density at radius 1 is 0.914 bits per heavy atom. The van der Waals surface area contributed by atoms with Gasteiger partial charge in [0.1, 0.15) is 28.8 Å². The van der Waals surface area contributed by atoms with Crippen molar-refractivity contribution in [3.8, 4) is 11.3 Å². The van der Waals surface area contributed by atoms with E-state index in [-0.39, 0.29) is 6.10 Å². The molecule has 5 rings (SSSR count). The molecule has 0 radical (unpaired) electrons. The number of anilines is 1. The lowest BCUT2D eigenvalue weighted by Crippen LogP contribution is -2.39. The molecule has 0 aliphatic carbocycles. The number of halogens is 3. The van der Waals surface area contributed by atoms with Crippen LogP contribution in [0.3, 0.4) is 0 Å². The van der Waals surface area contributed by atoms with E-state index in [0.717, 1.165) is 17.8 Å². The molecular weight excluding hydrogens is 461 g/mol. The predicted molar refractivity (Wildman–Crippen MR) is 121 cm³/mol. The second kappa shape index (κ2) is 8.77. The van der Waals surface area contributed by atoms with Crippen molar-refractivity contribution in [3.63, 3.8) is 0 Å². The summed E-state index contributed by atoms with van der Waals surface area (Å²) in [7, 11) is 0. The van der Waals surface area contributed by atoms with Crippen LogP contribution in [0.4, 0.5) is 19.1 Å². The van der Waals surface area contributed by atoms with Gasteiger partial charge in [-0.05, 0) is 32.9 Å². The standard InChI is InChI=1S/C23H21F3N8O/c1-12-13(2)31-21-20(30-12)19(15-4-5-18(29-8-15)23(24,25)26)32-22(33-21)34-6-7-35-17(11-34)16-9-27-14(3)28-10-16/h4-5,8-10,17H,6-7,11H2,1-3H3. The Labute approximate surface area is 198 Å². The normalized spacial score (nSPS) is 16.6. The van der Waals surface area contributed by atoms with E-state index in [1.807, 2.05) is 18.7 Å². The number of alkyl halides is 3. The van der Waals surface area contributed by atoms with Crippen LogP contribution in [-0.4, -0.2) is 54.6 Å². The third kappa shape index (κ3) is 4.61. The van der Waals surface area contributed by atoms with Crippen LogP contribution < -0.4 is 4.90 Å². The van der Waals surface area contributed by atoms with Gasteiger partial charge in [0.05, 0.1) is 24.5 Å². The summed E-state index contributed by atoms with van der Waals surface area (Å²) in [6.07, 6.45) is -0.209. The number of ether oxygens (including phenoxy) is 1. The number of pyridine rings is 1. The largest absolute Gasteiger partial charge is 0.433 e. The van der Waals surface area contributed by atoms with Gasteiger partial charge in [-0.15, -0.1) is 0 Å². The van der Waals surface area contributed by atoms with E-state index in [1.165, 1.54) is 6.07 Å². The molecule has 5 heterocycles. The van der Waals surface area contributed by atoms with Crippen LogP contribution in [-0.2, 0) is 10.9 Å². The molecule has 0 amide bonds. The smallest absolute Gasteiger partial charge is 0.370 e. The molecule has 35 heavy (non-hydrogen) atoms. The number of fused-ring (bicyclic) bond motifs is 1. The number of hydrogen-bond acceptors (Lipinski definition) is 9. The van der Waals surface area contributed by atoms with E-state index in [1.54, 1.807) is 19.3 Å². The Morgan fingerprint density at radius 2 is 1.66 bits per heavy atom. The maximum Gasteiger partial charge on any atom is 0.433 e. The Kier molecular flexibility index (Phi) is 5.75. The number of aryl methyl sites for hydroxylation is 3. The molecule has 180 valence electrons. The van der Waals surface area contributed by atoms with Gasteiger partial charge in [-0.25, -0.2) is 24.9 Å². The summed E-state index contributed by atoms with van der Waals surface area (Å²) in [6.45, 7) is 6.84. The van der Waals surface area contributed by atoms with Gasteiger partial charge in [-0.2, -0.15) is 18.2 Å². The molecule has 1 aliphatic rings. The number of nitrogens with zero attached hydrogens (tertiary/aromatic N) is 8. The summed E-state index contributed by atoms with van der Waals surface area (Å²) >= 11 is 0. The summed E-state index contributed by atoms with van der Waals surface area (Å²) in [5, 5.41) is 0. The van der Waals surface area contributed by atoms with Crippen LogP contribution >= 0.6 is 0 Å². The van der Waals surface area contributed by atoms with Crippen molar-refractivity contribution in [2.45, 2.75) is 33.1 Å². The van der Waals surface area contributed by atoms with Gasteiger partial charge < -0.3 is 9.64 Å². The zero-order valence-electron chi connectivity index (χ0n) is 19.2. The molecule has 4 aromatic rings. The lowest BCUT2D eigenvalue weighted by atomic mass is 10.1. The molecule has 0 N–H and O–H groups in total. The van der Waals surface area contributed by atoms with Gasteiger partial charge in [-0.1, -0.05) is 0 Å². The molecule has 0 spiro atoms. The van der Waals surface area contributed by atoms with Gasteiger partial charge in [0.2, 0.25) is 5.95 Å². The van der Waals surface area contributed by atoms with E-state index in [4.69, 9.17) is 9.72 Å². The average Bonchev–Trinajstić information content (AvgIpc) is 2.84. The van der Waals surface area contributed by atoms with Crippen LogP contribution in [0, 0.1) is 20.8 Å². The van der Waals surface area contributed by atoms with E-state index in [2.05, 4.69) is 29.9 Å². The van der Waals surface area contributed by atoms with Crippen LogP contribution in [0.25, 0.3) is 22.4 Å². The van der Waals surface area contributed by atoms with Gasteiger partial charge in [0.25, 0.3) is 0 Å². The third-order valence-electron chi connectivity index (χ3n) is 5.78. The molecule has 1 saturated heterocycles. The first-order chi connectivity index (χ1) is 16.7. The first kappa shape index (κ1) is 23.0. The molecule has 0 aromatic carbocycles. The van der Waals surface area contributed by atoms with E-state index < -0.39 is 11.9 Å². The lowest BCUT2D eigenvalue weighted by molar-refractivity contribution is -0.141. The predicted octanol–water partition coefficient (Wildman–Crippen LogP) is 3.79. The zero-order valence-corrected chi connectivity index (χ0v) is 19.2. The molecule has 1 unspecified atom stereocenters. The quantitative estimate of drug-likeness (QED) is 0.431. The summed E-state index contributed by atoms with van der Waals surface area (Å²) in [6, 6.07) is 2.27. The fourth-order valence-corrected chi connectivity index (χ4v) is 3.75. The minimum Gasteiger partial charge on any atom is -0.370 e. The van der Waals surface area contributed by atoms with Crippen LogP contribution in [0.2, 0.25) is 0 Å². The monoisotopic (exact) mass is 482 g/mol. The van der Waals surface area contributed by atoms with Gasteiger partial charge in [-0.3, -0.25) is 4.98 Å². The van der Waals surface area contributed by atoms with Crippen molar-refractivity contribution in [2.75, 3.05) is 24.6 Å². The topological polar surface area (TPSA) is 103 Å². The molecule has 1 atom stereocenters. The van der Waals surface area contributed by atoms with E-state index in [0.29, 0.717) is 65.3 Å². The highest BCUT2D eigenvalue weighted by Gasteiger charge is 2.32. The van der Waals surface area contributed by atoms with Crippen molar-refractivity contribution >= 4 is 17.1 Å². The van der Waals surface area contributed by atoms with Gasteiger partial charge in [0.15, 0.2) is 5.65 Å². The summed E-state index contributed by atoms with van der Waals surface area (Å²) < 4.78 is 45.0. The maximum absolute atomic E-state index is 13.0. The Morgan fingerprint density at radius 3 is 2.34 bits per heavy atom. The minimum absolute atomic E-state index is 0.286. The van der Waals surface area contributed by atoms with Gasteiger partial charge >= 0.3 is 6.18 Å². The maximum atomic E-state index is 13.0. The van der Waals surface area contributed by atoms with Crippen molar-refractivity contribution in [2.24, 2.45) is 0 Å². The van der Waals surface area contributed by atoms with Crippen molar-refractivity contribution in [1.29, 1.82) is 0 Å². The molecular formula is C23H21F3N8O. The lowest BCUT2D eigenvalue weighted by Gasteiger charge is -2.33. The number of aromatic nitrogens is 7. The minimum atomic E-state index is -4.53. The molecule has 1 aliphatic heterocycles. The highest BCUT2D eigenvalue weighted by molar-refractivity contribution is 5.87. The summed E-state index contributed by atoms with van der Waals surface area (Å²) in [4.78, 5) is 32.5. The highest BCUT2D eigenvalue weighted by Crippen LogP contribution is 2.32. The van der Waals surface area contributed by atoms with Crippen molar-refractivity contribution in [1.82, 2.24) is 34.9 Å². The Hall–Kier alpha value is -3.80. The number of rotatable bonds is 3. The molecule has 9 nitrogen and oxygen atoms in total. The Bertz CT molecular complexity index is 1380. The average molecular weight is 482 g/mol. The highest BCUT2D eigenvalue weighted by atomic mass is 19.4. The third-order valence-corrected chi connectivity index (χ3v) is 5.78. The SMILES string of the molecule is Cc1ncc(C2CN(c3nc(-c4ccc(C(F)(F)F)nc4)c4nc(C)c(C)nc4n3)CCO2)cn1. The van der Waals surface area contributed by atoms with Crippen LogP contribution in [0.1, 0.15) is 34.6 Å². The fraction of sp³-hybridized carbons (Fsp3) is 0.348. The van der Waals surface area contributed by atoms with E-state index >= 15 is 0 Å². The second-order valence-electron chi connectivity index (χ2n) is 8.24. The number of morpholine rings is 1. The first-order valence-electron chi connectivity index (χ1n) is 10.9. The van der Waals surface area contributed by atoms with Crippen molar-refractivity contribution in [3.05, 3.63) is 59.2 Å². The number of hydrogen-bond donors (Lipinski definition) is 0. The van der Waals surface area contributed by atoms with Gasteiger partial charge in [0, 0.05) is 36.3 Å². The fourth-order valence-electron chi connectivity index (χ4n) is 3.75. The Balaban J connectivity index is 1.57. The van der Waals surface area contributed by atoms with E-state index in [9.17, 15) is 13.2 Å². The molecule has 1 fully saturated rings. The zero-order chi connectivity index (χ0) is 24.7. The van der Waals surface area contributed by atoms with Crippen molar-refractivity contribution < 1.29 is 17.9 Å². The van der Waals surface area contributed by atoms with Crippen LogP contribution in [0.5, 0.6) is 0 Å². The summed E-state index contributed by atoms with van der Waals surface area (Å²) in [5.74, 6) is 1.05. The molecule has 0 bridgehead atoms. The first-order valence-corrected chi connectivity index (χ1v) is 10.9. The molecule has 0 saturated carbocycles.